The number of carboxylic acids is 1. The van der Waals surface area contributed by atoms with E-state index < -0.39 is 21.2 Å². The van der Waals surface area contributed by atoms with Gasteiger partial charge in [0.05, 0.1) is 10.6 Å². The van der Waals surface area contributed by atoms with Crippen LogP contribution in [0.25, 0.3) is 0 Å². The number of phenolic OH excluding ortho intramolecular Hbond substituents is 1. The molecular formula is C24H34O5S. The molecule has 1 aromatic rings. The van der Waals surface area contributed by atoms with Gasteiger partial charge in [-0.05, 0) is 72.5 Å². The fourth-order valence-electron chi connectivity index (χ4n) is 7.50. The quantitative estimate of drug-likeness (QED) is 0.720. The van der Waals surface area contributed by atoms with Crippen LogP contribution in [0.1, 0.15) is 77.3 Å². The summed E-state index contributed by atoms with van der Waals surface area (Å²) in [7, 11) is -3.57. The first kappa shape index (κ1) is 21.7. The van der Waals surface area contributed by atoms with Gasteiger partial charge in [0, 0.05) is 17.4 Å². The van der Waals surface area contributed by atoms with Crippen LogP contribution in [0.15, 0.2) is 17.0 Å². The van der Waals surface area contributed by atoms with Crippen LogP contribution in [0.4, 0.5) is 0 Å². The maximum absolute atomic E-state index is 13.5. The molecule has 2 fully saturated rings. The van der Waals surface area contributed by atoms with Crippen LogP contribution in [0.5, 0.6) is 5.75 Å². The second kappa shape index (κ2) is 6.72. The Hall–Kier alpha value is -1.56. The molecule has 3 aliphatic rings. The van der Waals surface area contributed by atoms with Crippen molar-refractivity contribution in [1.82, 2.24) is 0 Å². The molecule has 166 valence electrons. The normalized spacial score (nSPS) is 36.3. The van der Waals surface area contributed by atoms with E-state index in [1.165, 1.54) is 6.42 Å². The Labute approximate surface area is 179 Å². The zero-order valence-electron chi connectivity index (χ0n) is 18.5. The molecule has 6 heteroatoms. The molecule has 4 rings (SSSR count). The Morgan fingerprint density at radius 3 is 2.47 bits per heavy atom. The van der Waals surface area contributed by atoms with Gasteiger partial charge < -0.3 is 10.2 Å². The van der Waals surface area contributed by atoms with Crippen molar-refractivity contribution in [3.63, 3.8) is 0 Å². The van der Waals surface area contributed by atoms with E-state index in [-0.39, 0.29) is 46.0 Å². The van der Waals surface area contributed by atoms with Gasteiger partial charge in [-0.1, -0.05) is 34.1 Å². The van der Waals surface area contributed by atoms with Crippen LogP contribution in [0.3, 0.4) is 0 Å². The van der Waals surface area contributed by atoms with E-state index in [4.69, 9.17) is 5.11 Å². The van der Waals surface area contributed by atoms with E-state index in [1.54, 1.807) is 12.1 Å². The molecule has 0 radical (unpaired) electrons. The number of benzene rings is 1. The first-order valence-electron chi connectivity index (χ1n) is 11.1. The first-order valence-corrected chi connectivity index (χ1v) is 12.8. The number of sulfone groups is 1. The summed E-state index contributed by atoms with van der Waals surface area (Å²) in [5.74, 6) is -0.363. The van der Waals surface area contributed by atoms with Crippen LogP contribution < -0.4 is 0 Å². The van der Waals surface area contributed by atoms with Crippen LogP contribution in [0, 0.1) is 22.7 Å². The monoisotopic (exact) mass is 434 g/mol. The SMILES string of the molecule is CC1(C)CCC[C@]2(C)[C@H]3CS(=O)(=O)c4cc(CCC(=O)O)cc(O)c4[C@]3(C)CC[C@@H]12. The topological polar surface area (TPSA) is 91.7 Å². The van der Waals surface area contributed by atoms with E-state index >= 15 is 0 Å². The molecule has 0 amide bonds. The zero-order chi connectivity index (χ0) is 22.1. The predicted molar refractivity (Wildman–Crippen MR) is 115 cm³/mol. The van der Waals surface area contributed by atoms with E-state index in [9.17, 15) is 18.3 Å². The summed E-state index contributed by atoms with van der Waals surface area (Å²) in [5, 5.41) is 20.0. The average Bonchev–Trinajstić information content (AvgIpc) is 2.61. The molecule has 1 aromatic carbocycles. The summed E-state index contributed by atoms with van der Waals surface area (Å²) in [6, 6.07) is 3.21. The minimum atomic E-state index is -3.57. The standard InChI is InChI=1S/C24H34O5S/c1-22(2)9-5-10-23(3)18(22)8-11-24(4)19(23)14-30(28,29)17-13-15(6-7-20(26)27)12-16(25)21(17)24/h12-13,18-19,25H,5-11,14H2,1-4H3,(H,26,27)/t18-,19+,23-,24+/m0/s1. The molecule has 0 saturated heterocycles. The van der Waals surface area contributed by atoms with Gasteiger partial charge >= 0.3 is 5.97 Å². The lowest BCUT2D eigenvalue weighted by atomic mass is 9.43. The lowest BCUT2D eigenvalue weighted by Crippen LogP contribution is -2.59. The number of carbonyl (C=O) groups is 1. The number of aryl methyl sites for hydroxylation is 1. The van der Waals surface area contributed by atoms with Crippen molar-refractivity contribution < 1.29 is 23.4 Å². The van der Waals surface area contributed by atoms with Crippen LogP contribution >= 0.6 is 0 Å². The van der Waals surface area contributed by atoms with Gasteiger partial charge in [0.1, 0.15) is 5.75 Å². The van der Waals surface area contributed by atoms with Crippen molar-refractivity contribution in [3.05, 3.63) is 23.3 Å². The lowest BCUT2D eigenvalue weighted by molar-refractivity contribution is -0.136. The van der Waals surface area contributed by atoms with Gasteiger partial charge in [0.15, 0.2) is 9.84 Å². The summed E-state index contributed by atoms with van der Waals surface area (Å²) in [5.41, 5.74) is 0.864. The van der Waals surface area contributed by atoms with Gasteiger partial charge in [-0.2, -0.15) is 0 Å². The molecule has 0 aromatic heterocycles. The van der Waals surface area contributed by atoms with Gasteiger partial charge in [0.25, 0.3) is 0 Å². The van der Waals surface area contributed by atoms with Crippen molar-refractivity contribution in [1.29, 1.82) is 0 Å². The second-order valence-electron chi connectivity index (χ2n) is 11.1. The first-order chi connectivity index (χ1) is 13.8. The molecule has 1 aliphatic heterocycles. The highest BCUT2D eigenvalue weighted by atomic mass is 32.2. The molecule has 2 aliphatic carbocycles. The lowest BCUT2D eigenvalue weighted by Gasteiger charge is -2.63. The molecule has 0 bridgehead atoms. The molecule has 1 heterocycles. The molecule has 2 saturated carbocycles. The third-order valence-electron chi connectivity index (χ3n) is 8.85. The van der Waals surface area contributed by atoms with Crippen molar-refractivity contribution in [2.75, 3.05) is 5.75 Å². The van der Waals surface area contributed by atoms with Gasteiger partial charge in [-0.15, -0.1) is 0 Å². The van der Waals surface area contributed by atoms with Crippen molar-refractivity contribution in [2.45, 2.75) is 83.0 Å². The minimum absolute atomic E-state index is 0.0146. The smallest absolute Gasteiger partial charge is 0.303 e. The van der Waals surface area contributed by atoms with Crippen molar-refractivity contribution in [2.24, 2.45) is 22.7 Å². The molecule has 30 heavy (non-hydrogen) atoms. The Kier molecular flexibility index (Phi) is 4.85. The largest absolute Gasteiger partial charge is 0.508 e. The number of hydrogen-bond donors (Lipinski definition) is 2. The van der Waals surface area contributed by atoms with E-state index in [0.717, 1.165) is 25.7 Å². The predicted octanol–water partition coefficient (Wildman–Crippen LogP) is 4.70. The highest BCUT2D eigenvalue weighted by molar-refractivity contribution is 7.91. The number of aliphatic carboxylic acids is 1. The highest BCUT2D eigenvalue weighted by Crippen LogP contribution is 2.67. The maximum Gasteiger partial charge on any atom is 0.303 e. The molecule has 4 atom stereocenters. The maximum atomic E-state index is 13.5. The third-order valence-corrected chi connectivity index (χ3v) is 10.6. The number of hydrogen-bond acceptors (Lipinski definition) is 4. The second-order valence-corrected chi connectivity index (χ2v) is 13.1. The van der Waals surface area contributed by atoms with Crippen LogP contribution in [-0.2, 0) is 26.5 Å². The van der Waals surface area contributed by atoms with Crippen LogP contribution in [-0.4, -0.2) is 30.4 Å². The Balaban J connectivity index is 1.85. The fourth-order valence-corrected chi connectivity index (χ4v) is 9.85. The third kappa shape index (κ3) is 3.09. The minimum Gasteiger partial charge on any atom is -0.508 e. The molecule has 0 spiro atoms. The summed E-state index contributed by atoms with van der Waals surface area (Å²) in [6.45, 7) is 9.09. The summed E-state index contributed by atoms with van der Waals surface area (Å²) in [4.78, 5) is 11.2. The molecular weight excluding hydrogens is 400 g/mol. The average molecular weight is 435 g/mol. The highest BCUT2D eigenvalue weighted by Gasteiger charge is 2.62. The van der Waals surface area contributed by atoms with Gasteiger partial charge in [-0.25, -0.2) is 8.42 Å². The van der Waals surface area contributed by atoms with Crippen molar-refractivity contribution >= 4 is 15.8 Å². The Morgan fingerprint density at radius 2 is 1.80 bits per heavy atom. The number of phenols is 1. The summed E-state index contributed by atoms with van der Waals surface area (Å²) in [6.07, 6.45) is 5.34. The molecule has 0 unspecified atom stereocenters. The molecule has 5 nitrogen and oxygen atoms in total. The van der Waals surface area contributed by atoms with E-state index in [1.807, 2.05) is 0 Å². The summed E-state index contributed by atoms with van der Waals surface area (Å²) >= 11 is 0. The van der Waals surface area contributed by atoms with Crippen LogP contribution in [0.2, 0.25) is 0 Å². The number of fused-ring (bicyclic) bond motifs is 5. The Bertz CT molecular complexity index is 995. The van der Waals surface area contributed by atoms with E-state index in [2.05, 4.69) is 27.7 Å². The zero-order valence-corrected chi connectivity index (χ0v) is 19.3. The summed E-state index contributed by atoms with van der Waals surface area (Å²) < 4.78 is 26.9. The fraction of sp³-hybridized carbons (Fsp3) is 0.708. The van der Waals surface area contributed by atoms with Gasteiger partial charge in [0.2, 0.25) is 0 Å². The Morgan fingerprint density at radius 1 is 1.10 bits per heavy atom. The van der Waals surface area contributed by atoms with Crippen molar-refractivity contribution in [3.8, 4) is 5.75 Å². The number of carboxylic acid groups (broad SMARTS) is 1. The molecule has 2 N–H and O–H groups in total. The van der Waals surface area contributed by atoms with Gasteiger partial charge in [-0.3, -0.25) is 4.79 Å². The number of rotatable bonds is 3. The number of aromatic hydroxyl groups is 1. The van der Waals surface area contributed by atoms with E-state index in [0.29, 0.717) is 17.0 Å².